The van der Waals surface area contributed by atoms with E-state index in [-0.39, 0.29) is 5.82 Å². The minimum atomic E-state index is -0.164. The largest absolute Gasteiger partial charge is 0.315 e. The average molecular weight is 343 g/mol. The maximum Gasteiger partial charge on any atom is 0.124 e. The molecule has 1 aromatic rings. The first-order chi connectivity index (χ1) is 9.54. The van der Waals surface area contributed by atoms with Crippen LogP contribution in [0.25, 0.3) is 0 Å². The molecule has 112 valence electrons. The number of benzene rings is 1. The second-order valence-corrected chi connectivity index (χ2v) is 7.01. The van der Waals surface area contributed by atoms with Crippen LogP contribution in [0.2, 0.25) is 0 Å². The molecule has 1 atom stereocenters. The van der Waals surface area contributed by atoms with Gasteiger partial charge in [-0.05, 0) is 55.6 Å². The van der Waals surface area contributed by atoms with Crippen LogP contribution in [0.4, 0.5) is 4.39 Å². The van der Waals surface area contributed by atoms with E-state index in [1.807, 2.05) is 6.07 Å². The fourth-order valence-electron chi connectivity index (χ4n) is 2.81. The molecule has 1 saturated heterocycles. The van der Waals surface area contributed by atoms with Gasteiger partial charge in [-0.3, -0.25) is 4.90 Å². The number of rotatable bonds is 6. The lowest BCUT2D eigenvalue weighted by Gasteiger charge is -2.25. The van der Waals surface area contributed by atoms with E-state index in [1.54, 1.807) is 6.07 Å². The molecular formula is C16H24BrFN2. The van der Waals surface area contributed by atoms with E-state index >= 15 is 0 Å². The van der Waals surface area contributed by atoms with Gasteiger partial charge in [0.1, 0.15) is 5.82 Å². The van der Waals surface area contributed by atoms with Crippen molar-refractivity contribution in [2.45, 2.75) is 39.3 Å². The third kappa shape index (κ3) is 4.83. The van der Waals surface area contributed by atoms with Crippen molar-refractivity contribution < 1.29 is 4.39 Å². The monoisotopic (exact) mass is 342 g/mol. The van der Waals surface area contributed by atoms with Crippen LogP contribution in [0.5, 0.6) is 0 Å². The predicted molar refractivity (Wildman–Crippen MR) is 85.2 cm³/mol. The van der Waals surface area contributed by atoms with Gasteiger partial charge in [0.2, 0.25) is 0 Å². The molecule has 0 amide bonds. The van der Waals surface area contributed by atoms with Gasteiger partial charge in [0.05, 0.1) is 0 Å². The first-order valence-electron chi connectivity index (χ1n) is 7.44. The molecule has 0 radical (unpaired) electrons. The molecule has 1 unspecified atom stereocenters. The van der Waals surface area contributed by atoms with Crippen LogP contribution in [-0.2, 0) is 6.54 Å². The minimum absolute atomic E-state index is 0.164. The van der Waals surface area contributed by atoms with Crippen LogP contribution in [0.3, 0.4) is 0 Å². The second kappa shape index (κ2) is 7.53. The molecule has 0 saturated carbocycles. The second-order valence-electron chi connectivity index (χ2n) is 6.10. The van der Waals surface area contributed by atoms with Crippen molar-refractivity contribution in [3.8, 4) is 0 Å². The fraction of sp³-hybridized carbons (Fsp3) is 0.625. The Morgan fingerprint density at radius 2 is 2.20 bits per heavy atom. The summed E-state index contributed by atoms with van der Waals surface area (Å²) >= 11 is 3.36. The normalized spacial score (nSPS) is 19.9. The fourth-order valence-corrected chi connectivity index (χ4v) is 3.32. The van der Waals surface area contributed by atoms with Gasteiger partial charge in [-0.25, -0.2) is 4.39 Å². The Labute approximate surface area is 129 Å². The third-order valence-electron chi connectivity index (χ3n) is 3.74. The Balaban J connectivity index is 1.90. The quantitative estimate of drug-likeness (QED) is 0.845. The summed E-state index contributed by atoms with van der Waals surface area (Å²) in [6, 6.07) is 5.74. The van der Waals surface area contributed by atoms with Crippen LogP contribution in [0, 0.1) is 11.7 Å². The third-order valence-corrected chi connectivity index (χ3v) is 4.20. The van der Waals surface area contributed by atoms with Crippen LogP contribution in [-0.4, -0.2) is 30.6 Å². The molecule has 0 aromatic heterocycles. The van der Waals surface area contributed by atoms with E-state index in [0.717, 1.165) is 36.2 Å². The summed E-state index contributed by atoms with van der Waals surface area (Å²) < 4.78 is 14.3. The Kier molecular flexibility index (Phi) is 6.00. The maximum atomic E-state index is 13.4. The summed E-state index contributed by atoms with van der Waals surface area (Å²) in [5.41, 5.74) is 1.05. The summed E-state index contributed by atoms with van der Waals surface area (Å²) in [5, 5.41) is 3.54. The zero-order valence-electron chi connectivity index (χ0n) is 12.3. The molecule has 0 aliphatic carbocycles. The summed E-state index contributed by atoms with van der Waals surface area (Å²) in [4.78, 5) is 2.47. The Bertz CT molecular complexity index is 416. The molecule has 1 aromatic carbocycles. The highest BCUT2D eigenvalue weighted by molar-refractivity contribution is 9.10. The molecule has 4 heteroatoms. The molecule has 1 N–H and O–H groups in total. The van der Waals surface area contributed by atoms with Crippen molar-refractivity contribution in [3.63, 3.8) is 0 Å². The molecule has 1 aliphatic heterocycles. The first-order valence-corrected chi connectivity index (χ1v) is 8.23. The van der Waals surface area contributed by atoms with Gasteiger partial charge in [0, 0.05) is 23.6 Å². The molecule has 0 bridgehead atoms. The van der Waals surface area contributed by atoms with E-state index in [9.17, 15) is 4.39 Å². The number of hydrogen-bond acceptors (Lipinski definition) is 2. The number of hydrogen-bond donors (Lipinski definition) is 1. The Morgan fingerprint density at radius 1 is 1.40 bits per heavy atom. The summed E-state index contributed by atoms with van der Waals surface area (Å²) in [6.45, 7) is 8.50. The van der Waals surface area contributed by atoms with E-state index < -0.39 is 0 Å². The topological polar surface area (TPSA) is 15.3 Å². The summed E-state index contributed by atoms with van der Waals surface area (Å²) in [5.74, 6) is 0.520. The van der Waals surface area contributed by atoms with Crippen LogP contribution >= 0.6 is 15.9 Å². The Hall–Kier alpha value is -0.450. The maximum absolute atomic E-state index is 13.4. The molecule has 20 heavy (non-hydrogen) atoms. The SMILES string of the molecule is CC(C)CNCC1CCCN1Cc1cc(F)cc(Br)c1. The van der Waals surface area contributed by atoms with Gasteiger partial charge >= 0.3 is 0 Å². The lowest BCUT2D eigenvalue weighted by atomic mass is 10.1. The van der Waals surface area contributed by atoms with Crippen LogP contribution < -0.4 is 5.32 Å². The van der Waals surface area contributed by atoms with Gasteiger partial charge in [-0.2, -0.15) is 0 Å². The highest BCUT2D eigenvalue weighted by atomic mass is 79.9. The average Bonchev–Trinajstić information content (AvgIpc) is 2.75. The number of nitrogens with one attached hydrogen (secondary N) is 1. The molecule has 1 fully saturated rings. The standard InChI is InChI=1S/C16H24BrFN2/c1-12(2)9-19-10-16-4-3-5-20(16)11-13-6-14(17)8-15(18)7-13/h6-8,12,16,19H,3-5,9-11H2,1-2H3. The van der Waals surface area contributed by atoms with Crippen LogP contribution in [0.1, 0.15) is 32.3 Å². The number of halogens is 2. The molecule has 0 spiro atoms. The zero-order chi connectivity index (χ0) is 14.5. The van der Waals surface area contributed by atoms with E-state index in [1.165, 1.54) is 18.9 Å². The summed E-state index contributed by atoms with van der Waals surface area (Å²) in [7, 11) is 0. The van der Waals surface area contributed by atoms with Crippen molar-refractivity contribution in [2.75, 3.05) is 19.6 Å². The zero-order valence-corrected chi connectivity index (χ0v) is 13.9. The molecule has 1 heterocycles. The highest BCUT2D eigenvalue weighted by Crippen LogP contribution is 2.22. The summed E-state index contributed by atoms with van der Waals surface area (Å²) in [6.07, 6.45) is 2.48. The lowest BCUT2D eigenvalue weighted by Crippen LogP contribution is -2.38. The van der Waals surface area contributed by atoms with Gasteiger partial charge in [-0.15, -0.1) is 0 Å². The minimum Gasteiger partial charge on any atom is -0.315 e. The Morgan fingerprint density at radius 3 is 2.90 bits per heavy atom. The lowest BCUT2D eigenvalue weighted by molar-refractivity contribution is 0.237. The van der Waals surface area contributed by atoms with Crippen molar-refractivity contribution in [1.29, 1.82) is 0 Å². The first kappa shape index (κ1) is 15.9. The highest BCUT2D eigenvalue weighted by Gasteiger charge is 2.24. The van der Waals surface area contributed by atoms with Gasteiger partial charge < -0.3 is 5.32 Å². The number of nitrogens with zero attached hydrogens (tertiary/aromatic N) is 1. The van der Waals surface area contributed by atoms with Crippen molar-refractivity contribution in [3.05, 3.63) is 34.1 Å². The van der Waals surface area contributed by atoms with Crippen LogP contribution in [0.15, 0.2) is 22.7 Å². The molecular weight excluding hydrogens is 319 g/mol. The van der Waals surface area contributed by atoms with E-state index in [2.05, 4.69) is 40.0 Å². The molecule has 1 aliphatic rings. The van der Waals surface area contributed by atoms with E-state index in [0.29, 0.717) is 12.0 Å². The van der Waals surface area contributed by atoms with Gasteiger partial charge in [-0.1, -0.05) is 29.8 Å². The van der Waals surface area contributed by atoms with Crippen molar-refractivity contribution in [2.24, 2.45) is 5.92 Å². The van der Waals surface area contributed by atoms with Gasteiger partial charge in [0.25, 0.3) is 0 Å². The van der Waals surface area contributed by atoms with E-state index in [4.69, 9.17) is 0 Å². The smallest absolute Gasteiger partial charge is 0.124 e. The number of likely N-dealkylation sites (tertiary alicyclic amines) is 1. The van der Waals surface area contributed by atoms with Crippen molar-refractivity contribution in [1.82, 2.24) is 10.2 Å². The van der Waals surface area contributed by atoms with Gasteiger partial charge in [0.15, 0.2) is 0 Å². The van der Waals surface area contributed by atoms with Crippen molar-refractivity contribution >= 4 is 15.9 Å². The molecule has 2 nitrogen and oxygen atoms in total. The predicted octanol–water partition coefficient (Wildman–Crippen LogP) is 3.80. The molecule has 2 rings (SSSR count).